The lowest BCUT2D eigenvalue weighted by molar-refractivity contribution is 0.0598. The number of likely N-dealkylation sites (tertiary alicyclic amines) is 1. The van der Waals surface area contributed by atoms with Crippen LogP contribution in [0.4, 0.5) is 0 Å². The first-order valence-corrected chi connectivity index (χ1v) is 9.32. The monoisotopic (exact) mass is 361 g/mol. The Kier molecular flexibility index (Phi) is 6.07. The van der Waals surface area contributed by atoms with Crippen LogP contribution in [0.3, 0.4) is 0 Å². The highest BCUT2D eigenvalue weighted by atomic mass is 32.1. The highest BCUT2D eigenvalue weighted by Gasteiger charge is 2.28. The number of aliphatic hydroxyl groups is 1. The van der Waals surface area contributed by atoms with Gasteiger partial charge in [0.1, 0.15) is 18.5 Å². The molecule has 0 radical (unpaired) electrons. The Bertz CT molecular complexity index is 671. The minimum Gasteiger partial charge on any atom is -0.491 e. The Hall–Kier alpha value is -1.89. The predicted molar refractivity (Wildman–Crippen MR) is 97.2 cm³/mol. The largest absolute Gasteiger partial charge is 0.491 e. The molecule has 1 saturated heterocycles. The second-order valence-electron chi connectivity index (χ2n) is 6.15. The van der Waals surface area contributed by atoms with Crippen LogP contribution in [0, 0.1) is 0 Å². The summed E-state index contributed by atoms with van der Waals surface area (Å²) in [6, 6.07) is 11.4. The maximum Gasteiger partial charge on any atom is 0.337 e. The zero-order valence-electron chi connectivity index (χ0n) is 14.3. The minimum atomic E-state index is -0.555. The van der Waals surface area contributed by atoms with Gasteiger partial charge in [-0.25, -0.2) is 4.79 Å². The van der Waals surface area contributed by atoms with E-state index in [0.29, 0.717) is 23.9 Å². The van der Waals surface area contributed by atoms with Crippen molar-refractivity contribution >= 4 is 17.3 Å². The van der Waals surface area contributed by atoms with E-state index in [1.165, 1.54) is 12.0 Å². The van der Waals surface area contributed by atoms with E-state index < -0.39 is 6.10 Å². The summed E-state index contributed by atoms with van der Waals surface area (Å²) >= 11 is 1.77. The lowest BCUT2D eigenvalue weighted by Crippen LogP contribution is -2.35. The van der Waals surface area contributed by atoms with Crippen LogP contribution in [-0.4, -0.2) is 48.9 Å². The average Bonchev–Trinajstić information content (AvgIpc) is 3.31. The van der Waals surface area contributed by atoms with Crippen molar-refractivity contribution in [3.8, 4) is 5.75 Å². The molecule has 0 saturated carbocycles. The van der Waals surface area contributed by atoms with Gasteiger partial charge in [-0.3, -0.25) is 4.90 Å². The van der Waals surface area contributed by atoms with E-state index in [9.17, 15) is 9.90 Å². The quantitative estimate of drug-likeness (QED) is 0.768. The van der Waals surface area contributed by atoms with Gasteiger partial charge in [0.05, 0.1) is 12.7 Å². The van der Waals surface area contributed by atoms with Gasteiger partial charge >= 0.3 is 5.97 Å². The molecule has 0 aliphatic carbocycles. The zero-order chi connectivity index (χ0) is 17.6. The number of hydrogen-bond acceptors (Lipinski definition) is 6. The Labute approximate surface area is 151 Å². The van der Waals surface area contributed by atoms with Gasteiger partial charge in [-0.2, -0.15) is 0 Å². The molecule has 0 amide bonds. The van der Waals surface area contributed by atoms with Gasteiger partial charge in [0.25, 0.3) is 0 Å². The molecule has 6 heteroatoms. The number of esters is 1. The second kappa shape index (κ2) is 8.47. The van der Waals surface area contributed by atoms with Gasteiger partial charge in [0, 0.05) is 17.5 Å². The van der Waals surface area contributed by atoms with Crippen molar-refractivity contribution in [2.75, 3.05) is 26.8 Å². The topological polar surface area (TPSA) is 59.0 Å². The molecule has 1 aliphatic rings. The van der Waals surface area contributed by atoms with E-state index in [2.05, 4.69) is 27.1 Å². The molecular weight excluding hydrogens is 338 g/mol. The Morgan fingerprint density at radius 3 is 2.84 bits per heavy atom. The third-order valence-corrected chi connectivity index (χ3v) is 5.37. The van der Waals surface area contributed by atoms with E-state index in [4.69, 9.17) is 4.74 Å². The molecule has 5 nitrogen and oxygen atoms in total. The zero-order valence-corrected chi connectivity index (χ0v) is 15.1. The summed E-state index contributed by atoms with van der Waals surface area (Å²) in [5.41, 5.74) is 0.478. The van der Waals surface area contributed by atoms with Crippen molar-refractivity contribution in [2.45, 2.75) is 25.0 Å². The number of carbonyl (C=O) groups excluding carboxylic acids is 1. The normalized spacial score (nSPS) is 18.9. The third kappa shape index (κ3) is 4.60. The summed E-state index contributed by atoms with van der Waals surface area (Å²) in [4.78, 5) is 15.1. The van der Waals surface area contributed by atoms with Gasteiger partial charge in [-0.1, -0.05) is 6.07 Å². The number of benzene rings is 1. The van der Waals surface area contributed by atoms with E-state index in [-0.39, 0.29) is 12.6 Å². The fraction of sp³-hybridized carbons (Fsp3) is 0.421. The number of nitrogens with zero attached hydrogens (tertiary/aromatic N) is 1. The number of ether oxygens (including phenoxy) is 2. The molecule has 1 aromatic heterocycles. The molecule has 0 spiro atoms. The van der Waals surface area contributed by atoms with Crippen LogP contribution < -0.4 is 4.74 Å². The summed E-state index contributed by atoms with van der Waals surface area (Å²) in [6.45, 7) is 1.83. The van der Waals surface area contributed by atoms with Crippen molar-refractivity contribution in [2.24, 2.45) is 0 Å². The summed E-state index contributed by atoms with van der Waals surface area (Å²) in [6.07, 6.45) is 1.75. The maximum atomic E-state index is 11.4. The summed E-state index contributed by atoms with van der Waals surface area (Å²) < 4.78 is 10.3. The van der Waals surface area contributed by atoms with Crippen molar-refractivity contribution < 1.29 is 19.4 Å². The molecular formula is C19H23NO4S. The van der Waals surface area contributed by atoms with Crippen LogP contribution in [0.1, 0.15) is 34.1 Å². The number of methoxy groups -OCH3 is 1. The van der Waals surface area contributed by atoms with Crippen molar-refractivity contribution in [3.05, 3.63) is 52.2 Å². The van der Waals surface area contributed by atoms with Crippen molar-refractivity contribution in [1.29, 1.82) is 0 Å². The number of hydrogen-bond donors (Lipinski definition) is 1. The summed E-state index contributed by atoms with van der Waals surface area (Å²) in [7, 11) is 1.35. The summed E-state index contributed by atoms with van der Waals surface area (Å²) in [5.74, 6) is 0.253. The molecule has 0 unspecified atom stereocenters. The Balaban J connectivity index is 1.49. The van der Waals surface area contributed by atoms with Crippen LogP contribution in [0.5, 0.6) is 5.75 Å². The lowest BCUT2D eigenvalue weighted by Gasteiger charge is -2.26. The molecule has 2 atom stereocenters. The van der Waals surface area contributed by atoms with Gasteiger partial charge in [-0.15, -0.1) is 11.3 Å². The highest BCUT2D eigenvalue weighted by Crippen LogP contribution is 2.34. The number of rotatable bonds is 7. The average molecular weight is 361 g/mol. The van der Waals surface area contributed by atoms with Crippen LogP contribution in [0.25, 0.3) is 0 Å². The SMILES string of the molecule is COC(=O)c1ccc(OC[C@@H](O)CN2CCC[C@@H]2c2cccs2)cc1. The van der Waals surface area contributed by atoms with Gasteiger partial charge in [0.2, 0.25) is 0 Å². The lowest BCUT2D eigenvalue weighted by atomic mass is 10.2. The fourth-order valence-electron chi connectivity index (χ4n) is 3.17. The van der Waals surface area contributed by atoms with E-state index in [0.717, 1.165) is 19.4 Å². The first-order chi connectivity index (χ1) is 12.2. The van der Waals surface area contributed by atoms with E-state index >= 15 is 0 Å². The van der Waals surface area contributed by atoms with Gasteiger partial charge in [0.15, 0.2) is 0 Å². The predicted octanol–water partition coefficient (Wildman–Crippen LogP) is 3.11. The molecule has 1 aliphatic heterocycles. The molecule has 2 aromatic rings. The second-order valence-corrected chi connectivity index (χ2v) is 7.13. The molecule has 25 heavy (non-hydrogen) atoms. The molecule has 0 bridgehead atoms. The first kappa shape index (κ1) is 17.9. The Morgan fingerprint density at radius 2 is 2.16 bits per heavy atom. The fourth-order valence-corrected chi connectivity index (χ4v) is 4.06. The van der Waals surface area contributed by atoms with Crippen LogP contribution in [0.15, 0.2) is 41.8 Å². The number of carbonyl (C=O) groups is 1. The van der Waals surface area contributed by atoms with Crippen molar-refractivity contribution in [1.82, 2.24) is 4.90 Å². The van der Waals surface area contributed by atoms with Crippen LogP contribution in [-0.2, 0) is 4.74 Å². The van der Waals surface area contributed by atoms with Crippen LogP contribution in [0.2, 0.25) is 0 Å². The van der Waals surface area contributed by atoms with Crippen molar-refractivity contribution in [3.63, 3.8) is 0 Å². The van der Waals surface area contributed by atoms with Gasteiger partial charge < -0.3 is 14.6 Å². The molecule has 134 valence electrons. The van der Waals surface area contributed by atoms with E-state index in [1.54, 1.807) is 35.6 Å². The summed E-state index contributed by atoms with van der Waals surface area (Å²) in [5, 5.41) is 12.4. The standard InChI is InChI=1S/C19H23NO4S/c1-23-19(22)14-6-8-16(9-7-14)24-13-15(21)12-20-10-2-4-17(20)18-5-3-11-25-18/h3,5-9,11,15,17,21H,2,4,10,12-13H2,1H3/t15-,17+/m0/s1. The first-order valence-electron chi connectivity index (χ1n) is 8.44. The minimum absolute atomic E-state index is 0.227. The third-order valence-electron chi connectivity index (χ3n) is 4.40. The van der Waals surface area contributed by atoms with Gasteiger partial charge in [-0.05, 0) is 55.1 Å². The molecule has 2 heterocycles. The number of β-amino-alcohol motifs (C(OH)–C–C–N with tert-alkyl or cyclic N) is 1. The maximum absolute atomic E-state index is 11.4. The highest BCUT2D eigenvalue weighted by molar-refractivity contribution is 7.10. The number of thiophene rings is 1. The Morgan fingerprint density at radius 1 is 1.36 bits per heavy atom. The smallest absolute Gasteiger partial charge is 0.337 e. The van der Waals surface area contributed by atoms with E-state index in [1.807, 2.05) is 0 Å². The molecule has 1 N–H and O–H groups in total. The molecule has 1 aromatic carbocycles. The van der Waals surface area contributed by atoms with Crippen LogP contribution >= 0.6 is 11.3 Å². The molecule has 3 rings (SSSR count). The molecule has 1 fully saturated rings. The number of aliphatic hydroxyl groups excluding tert-OH is 1.